The highest BCUT2D eigenvalue weighted by Gasteiger charge is 2.28. The molecule has 0 atom stereocenters. The van der Waals surface area contributed by atoms with Crippen LogP contribution in [0.5, 0.6) is 5.75 Å². The van der Waals surface area contributed by atoms with E-state index >= 15 is 0 Å². The normalized spacial score (nSPS) is 18.2. The number of nitrogens with zero attached hydrogens (tertiary/aromatic N) is 2. The molecule has 2 aliphatic heterocycles. The number of hydrogen-bond acceptors (Lipinski definition) is 5. The second-order valence-electron chi connectivity index (χ2n) is 6.24. The van der Waals surface area contributed by atoms with Crippen molar-refractivity contribution in [2.45, 2.75) is 25.5 Å². The first-order valence-corrected chi connectivity index (χ1v) is 8.39. The van der Waals surface area contributed by atoms with Gasteiger partial charge in [0.15, 0.2) is 0 Å². The molecule has 3 rings (SSSR count). The molecule has 3 amide bonds. The molecule has 0 unspecified atom stereocenters. The number of carbonyl (C=O) groups excluding carboxylic acids is 2. The standard InChI is InChI=1S/C17H23N3O5/c1-24-14-4-6-19(7-5-14)17(22)20-8-9-25-15-10-12(16(21)18-23)2-3-13(15)11-20/h2-3,10,14,23H,4-9,11H2,1H3,(H,18,21). The zero-order chi connectivity index (χ0) is 17.8. The van der Waals surface area contributed by atoms with Crippen molar-refractivity contribution in [3.8, 4) is 5.75 Å². The number of nitrogens with one attached hydrogen (secondary N) is 1. The summed E-state index contributed by atoms with van der Waals surface area (Å²) < 4.78 is 11.0. The molecule has 136 valence electrons. The topological polar surface area (TPSA) is 91.3 Å². The van der Waals surface area contributed by atoms with Gasteiger partial charge in [0, 0.05) is 31.3 Å². The Balaban J connectivity index is 1.69. The molecule has 0 aliphatic carbocycles. The molecule has 0 spiro atoms. The third-order valence-corrected chi connectivity index (χ3v) is 4.73. The summed E-state index contributed by atoms with van der Waals surface area (Å²) in [6, 6.07) is 4.94. The fraction of sp³-hybridized carbons (Fsp3) is 0.529. The van der Waals surface area contributed by atoms with Crippen LogP contribution < -0.4 is 10.2 Å². The van der Waals surface area contributed by atoms with Crippen LogP contribution in [0.2, 0.25) is 0 Å². The van der Waals surface area contributed by atoms with Crippen molar-refractivity contribution in [3.05, 3.63) is 29.3 Å². The highest BCUT2D eigenvalue weighted by Crippen LogP contribution is 2.26. The van der Waals surface area contributed by atoms with Crippen LogP contribution in [0.1, 0.15) is 28.8 Å². The van der Waals surface area contributed by atoms with Crippen LogP contribution in [-0.2, 0) is 11.3 Å². The first-order valence-electron chi connectivity index (χ1n) is 8.39. The quantitative estimate of drug-likeness (QED) is 0.619. The number of carbonyl (C=O) groups is 2. The highest BCUT2D eigenvalue weighted by molar-refractivity contribution is 5.93. The molecule has 25 heavy (non-hydrogen) atoms. The van der Waals surface area contributed by atoms with E-state index in [1.54, 1.807) is 35.7 Å². The van der Waals surface area contributed by atoms with Gasteiger partial charge in [0.1, 0.15) is 12.4 Å². The number of urea groups is 1. The van der Waals surface area contributed by atoms with Gasteiger partial charge in [0.05, 0.1) is 19.2 Å². The first-order chi connectivity index (χ1) is 12.1. The van der Waals surface area contributed by atoms with E-state index in [0.717, 1.165) is 18.4 Å². The van der Waals surface area contributed by atoms with Gasteiger partial charge in [-0.25, -0.2) is 10.3 Å². The Morgan fingerprint density at radius 1 is 1.24 bits per heavy atom. The van der Waals surface area contributed by atoms with E-state index in [0.29, 0.717) is 44.1 Å². The van der Waals surface area contributed by atoms with Crippen molar-refractivity contribution in [2.24, 2.45) is 0 Å². The van der Waals surface area contributed by atoms with Crippen molar-refractivity contribution < 1.29 is 24.3 Å². The van der Waals surface area contributed by atoms with Crippen molar-refractivity contribution in [1.82, 2.24) is 15.3 Å². The zero-order valence-corrected chi connectivity index (χ0v) is 14.2. The second-order valence-corrected chi connectivity index (χ2v) is 6.24. The maximum atomic E-state index is 12.8. The van der Waals surface area contributed by atoms with Gasteiger partial charge in [-0.2, -0.15) is 0 Å². The van der Waals surface area contributed by atoms with Crippen molar-refractivity contribution in [1.29, 1.82) is 0 Å². The van der Waals surface area contributed by atoms with Crippen LogP contribution in [0.3, 0.4) is 0 Å². The molecule has 1 saturated heterocycles. The largest absolute Gasteiger partial charge is 0.491 e. The number of likely N-dealkylation sites (tertiary alicyclic amines) is 1. The van der Waals surface area contributed by atoms with Crippen LogP contribution in [0, 0.1) is 0 Å². The van der Waals surface area contributed by atoms with Crippen LogP contribution in [0.25, 0.3) is 0 Å². The molecule has 0 bridgehead atoms. The summed E-state index contributed by atoms with van der Waals surface area (Å²) in [5.74, 6) is -0.0286. The molecule has 0 aromatic heterocycles. The number of rotatable bonds is 2. The van der Waals surface area contributed by atoms with E-state index in [-0.39, 0.29) is 12.1 Å². The lowest BCUT2D eigenvalue weighted by Gasteiger charge is -2.34. The lowest BCUT2D eigenvalue weighted by molar-refractivity contribution is 0.0438. The Kier molecular flexibility index (Phi) is 5.40. The zero-order valence-electron chi connectivity index (χ0n) is 14.2. The first kappa shape index (κ1) is 17.5. The second kappa shape index (κ2) is 7.71. The molecule has 0 radical (unpaired) electrons. The van der Waals surface area contributed by atoms with Gasteiger partial charge in [0.25, 0.3) is 5.91 Å². The Morgan fingerprint density at radius 2 is 2.00 bits per heavy atom. The summed E-state index contributed by atoms with van der Waals surface area (Å²) in [4.78, 5) is 27.9. The summed E-state index contributed by atoms with van der Waals surface area (Å²) in [5, 5.41) is 8.74. The van der Waals surface area contributed by atoms with Crippen LogP contribution in [0.4, 0.5) is 4.79 Å². The number of piperidine rings is 1. The highest BCUT2D eigenvalue weighted by atomic mass is 16.5. The van der Waals surface area contributed by atoms with E-state index in [1.165, 1.54) is 0 Å². The number of fused-ring (bicyclic) bond motifs is 1. The maximum Gasteiger partial charge on any atom is 0.320 e. The molecule has 8 heteroatoms. The van der Waals surface area contributed by atoms with Crippen molar-refractivity contribution in [3.63, 3.8) is 0 Å². The van der Waals surface area contributed by atoms with Gasteiger partial charge in [-0.1, -0.05) is 6.07 Å². The summed E-state index contributed by atoms with van der Waals surface area (Å²) in [7, 11) is 1.70. The molecule has 0 saturated carbocycles. The number of benzene rings is 1. The van der Waals surface area contributed by atoms with Gasteiger partial charge >= 0.3 is 6.03 Å². The van der Waals surface area contributed by atoms with Crippen LogP contribution in [0.15, 0.2) is 18.2 Å². The molecular formula is C17H23N3O5. The molecule has 2 aliphatic rings. The van der Waals surface area contributed by atoms with E-state index < -0.39 is 5.91 Å². The maximum absolute atomic E-state index is 12.8. The van der Waals surface area contributed by atoms with Gasteiger partial charge in [0.2, 0.25) is 0 Å². The molecule has 8 nitrogen and oxygen atoms in total. The average molecular weight is 349 g/mol. The smallest absolute Gasteiger partial charge is 0.320 e. The monoisotopic (exact) mass is 349 g/mol. The molecule has 1 fully saturated rings. The summed E-state index contributed by atoms with van der Waals surface area (Å²) in [5.41, 5.74) is 2.75. The summed E-state index contributed by atoms with van der Waals surface area (Å²) in [6.07, 6.45) is 1.93. The number of ether oxygens (including phenoxy) is 2. The molecule has 2 heterocycles. The predicted octanol–water partition coefficient (Wildman–Crippen LogP) is 1.23. The third kappa shape index (κ3) is 3.85. The fourth-order valence-electron chi connectivity index (χ4n) is 3.22. The van der Waals surface area contributed by atoms with E-state index in [2.05, 4.69) is 0 Å². The van der Waals surface area contributed by atoms with Gasteiger partial charge in [-0.3, -0.25) is 10.0 Å². The lowest BCUT2D eigenvalue weighted by Crippen LogP contribution is -2.48. The van der Waals surface area contributed by atoms with Gasteiger partial charge < -0.3 is 19.3 Å². The predicted molar refractivity (Wildman–Crippen MR) is 88.6 cm³/mol. The Hall–Kier alpha value is -2.32. The Bertz CT molecular complexity index is 643. The van der Waals surface area contributed by atoms with Gasteiger partial charge in [-0.05, 0) is 25.0 Å². The number of hydrogen-bond donors (Lipinski definition) is 2. The van der Waals surface area contributed by atoms with E-state index in [1.807, 2.05) is 4.90 Å². The number of methoxy groups -OCH3 is 1. The van der Waals surface area contributed by atoms with Crippen molar-refractivity contribution >= 4 is 11.9 Å². The van der Waals surface area contributed by atoms with E-state index in [9.17, 15) is 9.59 Å². The molecular weight excluding hydrogens is 326 g/mol. The number of amides is 3. The van der Waals surface area contributed by atoms with Crippen LogP contribution >= 0.6 is 0 Å². The fourth-order valence-corrected chi connectivity index (χ4v) is 3.22. The van der Waals surface area contributed by atoms with E-state index in [4.69, 9.17) is 14.7 Å². The Morgan fingerprint density at radius 3 is 2.68 bits per heavy atom. The third-order valence-electron chi connectivity index (χ3n) is 4.73. The minimum Gasteiger partial charge on any atom is -0.491 e. The summed E-state index contributed by atoms with van der Waals surface area (Å²) in [6.45, 7) is 2.66. The average Bonchev–Trinajstić information content (AvgIpc) is 2.88. The van der Waals surface area contributed by atoms with Crippen LogP contribution in [-0.4, -0.2) is 66.4 Å². The Labute approximate surface area is 146 Å². The summed E-state index contributed by atoms with van der Waals surface area (Å²) >= 11 is 0. The number of hydroxylamine groups is 1. The SMILES string of the molecule is COC1CCN(C(=O)N2CCOc3cc(C(=O)NO)ccc3C2)CC1. The molecule has 1 aromatic rings. The van der Waals surface area contributed by atoms with Crippen molar-refractivity contribution in [2.75, 3.05) is 33.4 Å². The van der Waals surface area contributed by atoms with Gasteiger partial charge in [-0.15, -0.1) is 0 Å². The molecule has 2 N–H and O–H groups in total. The minimum atomic E-state index is -0.593. The minimum absolute atomic E-state index is 0.00295. The lowest BCUT2D eigenvalue weighted by atomic mass is 10.1. The molecule has 1 aromatic carbocycles.